The van der Waals surface area contributed by atoms with E-state index in [9.17, 15) is 14.7 Å². The number of aromatic nitrogens is 1. The van der Waals surface area contributed by atoms with Crippen LogP contribution in [0.5, 0.6) is 11.5 Å². The minimum Gasteiger partial charge on any atom is -0.504 e. The van der Waals surface area contributed by atoms with Gasteiger partial charge in [-0.05, 0) is 55.3 Å². The second-order valence-corrected chi connectivity index (χ2v) is 9.70. The number of fused-ring (bicyclic) bond motifs is 1. The Morgan fingerprint density at radius 2 is 2.03 bits per heavy atom. The summed E-state index contributed by atoms with van der Waals surface area (Å²) in [6, 6.07) is 9.40. The number of phenolic OH excluding ortho intramolecular Hbond substituents is 1. The molecule has 0 amide bonds. The third-order valence-electron chi connectivity index (χ3n) is 5.29. The van der Waals surface area contributed by atoms with E-state index in [-0.39, 0.29) is 23.7 Å². The Morgan fingerprint density at radius 1 is 1.32 bits per heavy atom. The first kappa shape index (κ1) is 24.3. The summed E-state index contributed by atoms with van der Waals surface area (Å²) in [5, 5.41) is 10.5. The summed E-state index contributed by atoms with van der Waals surface area (Å²) in [5.74, 6) is -0.267. The van der Waals surface area contributed by atoms with E-state index >= 15 is 0 Å². The third-order valence-corrected chi connectivity index (χ3v) is 7.21. The van der Waals surface area contributed by atoms with Gasteiger partial charge in [-0.2, -0.15) is 0 Å². The molecule has 0 bridgehead atoms. The monoisotopic (exact) mass is 562 g/mol. The summed E-state index contributed by atoms with van der Waals surface area (Å²) in [6.07, 6.45) is 1.69. The Balaban J connectivity index is 1.96. The molecule has 1 atom stereocenters. The van der Waals surface area contributed by atoms with Gasteiger partial charge in [0.2, 0.25) is 0 Å². The summed E-state index contributed by atoms with van der Waals surface area (Å²) < 4.78 is 13.0. The van der Waals surface area contributed by atoms with Crippen molar-refractivity contribution in [3.63, 3.8) is 0 Å². The number of esters is 1. The number of benzene rings is 2. The van der Waals surface area contributed by atoms with Gasteiger partial charge in [0.15, 0.2) is 16.3 Å². The van der Waals surface area contributed by atoms with Crippen molar-refractivity contribution in [3.05, 3.63) is 88.0 Å². The fourth-order valence-corrected chi connectivity index (χ4v) is 5.34. The lowest BCUT2D eigenvalue weighted by molar-refractivity contribution is -0.139. The molecular formula is C24H20BrClN2O5S. The number of hydrogen-bond donors (Lipinski definition) is 1. The standard InChI is InChI=1S/C24H20BrClN2O5S/c1-4-33-23(31)20-12(2)27-24-28(21(20)13-5-7-15(26)8-6-13)22(30)19(34-24)10-14-9-18(32-3)17(29)11-16(14)25/h5-11,21,29H,4H2,1-3H3/b19-10-/t21-/m0/s1. The van der Waals surface area contributed by atoms with Gasteiger partial charge in [0.05, 0.1) is 35.6 Å². The normalized spacial score (nSPS) is 15.7. The maximum absolute atomic E-state index is 13.6. The van der Waals surface area contributed by atoms with Crippen LogP contribution in [0.2, 0.25) is 5.02 Å². The molecule has 176 valence electrons. The summed E-state index contributed by atoms with van der Waals surface area (Å²) in [5.41, 5.74) is 1.83. The molecule has 0 fully saturated rings. The van der Waals surface area contributed by atoms with Crippen molar-refractivity contribution < 1.29 is 19.4 Å². The smallest absolute Gasteiger partial charge is 0.338 e. The predicted octanol–water partition coefficient (Wildman–Crippen LogP) is 3.93. The van der Waals surface area contributed by atoms with E-state index in [1.807, 2.05) is 0 Å². The van der Waals surface area contributed by atoms with Crippen molar-refractivity contribution in [3.8, 4) is 11.5 Å². The zero-order chi connectivity index (χ0) is 24.6. The molecule has 1 aliphatic rings. The van der Waals surface area contributed by atoms with Gasteiger partial charge >= 0.3 is 5.97 Å². The summed E-state index contributed by atoms with van der Waals surface area (Å²) in [4.78, 5) is 31.5. The van der Waals surface area contributed by atoms with Crippen LogP contribution in [0.15, 0.2) is 61.9 Å². The molecule has 1 aliphatic heterocycles. The van der Waals surface area contributed by atoms with E-state index in [4.69, 9.17) is 21.1 Å². The molecule has 0 saturated carbocycles. The minimum absolute atomic E-state index is 0.0228. The molecule has 4 rings (SSSR count). The highest BCUT2D eigenvalue weighted by molar-refractivity contribution is 9.10. The fourth-order valence-electron chi connectivity index (χ4n) is 3.73. The van der Waals surface area contributed by atoms with Crippen LogP contribution >= 0.6 is 38.9 Å². The van der Waals surface area contributed by atoms with E-state index < -0.39 is 12.0 Å². The molecule has 0 radical (unpaired) electrons. The molecule has 1 N–H and O–H groups in total. The van der Waals surface area contributed by atoms with Gasteiger partial charge in [-0.15, -0.1) is 0 Å². The zero-order valence-corrected chi connectivity index (χ0v) is 21.6. The highest BCUT2D eigenvalue weighted by atomic mass is 79.9. The molecule has 34 heavy (non-hydrogen) atoms. The zero-order valence-electron chi connectivity index (χ0n) is 18.5. The van der Waals surface area contributed by atoms with Crippen molar-refractivity contribution in [1.82, 2.24) is 4.57 Å². The minimum atomic E-state index is -0.715. The summed E-state index contributed by atoms with van der Waals surface area (Å²) in [7, 11) is 1.45. The molecule has 7 nitrogen and oxygen atoms in total. The van der Waals surface area contributed by atoms with Crippen LogP contribution in [0.4, 0.5) is 0 Å². The second-order valence-electron chi connectivity index (χ2n) is 7.40. The lowest BCUT2D eigenvalue weighted by atomic mass is 9.96. The van der Waals surface area contributed by atoms with Gasteiger partial charge in [-0.25, -0.2) is 9.79 Å². The Labute approximate surface area is 212 Å². The number of halogens is 2. The van der Waals surface area contributed by atoms with Crippen LogP contribution in [0.1, 0.15) is 31.0 Å². The molecule has 0 aliphatic carbocycles. The molecule has 10 heteroatoms. The molecular weight excluding hydrogens is 544 g/mol. The number of phenols is 1. The maximum Gasteiger partial charge on any atom is 0.338 e. The van der Waals surface area contributed by atoms with Crippen LogP contribution in [0, 0.1) is 0 Å². The highest BCUT2D eigenvalue weighted by Crippen LogP contribution is 2.33. The number of carbonyl (C=O) groups excluding carboxylic acids is 1. The molecule has 0 saturated heterocycles. The number of thiazole rings is 1. The Bertz CT molecular complexity index is 1490. The lowest BCUT2D eigenvalue weighted by Gasteiger charge is -2.24. The SMILES string of the molecule is CCOC(=O)C1=C(C)N=c2s/c(=C\c3cc(OC)c(O)cc3Br)c(=O)n2[C@H]1c1ccc(Cl)cc1. The van der Waals surface area contributed by atoms with E-state index in [0.717, 1.165) is 0 Å². The van der Waals surface area contributed by atoms with Gasteiger partial charge in [-0.3, -0.25) is 9.36 Å². The first-order valence-electron chi connectivity index (χ1n) is 10.3. The van der Waals surface area contributed by atoms with Crippen molar-refractivity contribution in [1.29, 1.82) is 0 Å². The van der Waals surface area contributed by atoms with E-state index in [0.29, 0.717) is 41.2 Å². The number of ether oxygens (including phenoxy) is 2. The number of allylic oxidation sites excluding steroid dienone is 1. The number of carbonyl (C=O) groups is 1. The van der Waals surface area contributed by atoms with Gasteiger partial charge in [0.25, 0.3) is 5.56 Å². The number of nitrogens with zero attached hydrogens (tertiary/aromatic N) is 2. The highest BCUT2D eigenvalue weighted by Gasteiger charge is 2.33. The topological polar surface area (TPSA) is 90.1 Å². The van der Waals surface area contributed by atoms with Crippen LogP contribution < -0.4 is 19.6 Å². The number of rotatable bonds is 5. The van der Waals surface area contributed by atoms with E-state index in [2.05, 4.69) is 20.9 Å². The first-order valence-corrected chi connectivity index (χ1v) is 12.3. The molecule has 2 aromatic carbocycles. The van der Waals surface area contributed by atoms with E-state index in [1.54, 1.807) is 50.3 Å². The van der Waals surface area contributed by atoms with Crippen molar-refractivity contribution >= 4 is 50.9 Å². The van der Waals surface area contributed by atoms with E-state index in [1.165, 1.54) is 29.1 Å². The number of methoxy groups -OCH3 is 1. The van der Waals surface area contributed by atoms with Gasteiger partial charge in [0.1, 0.15) is 0 Å². The Hall–Kier alpha value is -2.88. The molecule has 1 aromatic heterocycles. The van der Waals surface area contributed by atoms with Gasteiger partial charge < -0.3 is 14.6 Å². The molecule has 0 spiro atoms. The second kappa shape index (κ2) is 9.77. The number of aromatic hydroxyl groups is 1. The van der Waals surface area contributed by atoms with Crippen molar-refractivity contribution in [2.45, 2.75) is 19.9 Å². The maximum atomic E-state index is 13.6. The molecule has 0 unspecified atom stereocenters. The summed E-state index contributed by atoms with van der Waals surface area (Å²) >= 11 is 10.7. The van der Waals surface area contributed by atoms with Crippen molar-refractivity contribution in [2.75, 3.05) is 13.7 Å². The van der Waals surface area contributed by atoms with Crippen LogP contribution in [-0.2, 0) is 9.53 Å². The average Bonchev–Trinajstić information content (AvgIpc) is 3.10. The average molecular weight is 564 g/mol. The Kier molecular flexibility index (Phi) is 6.97. The van der Waals surface area contributed by atoms with Crippen LogP contribution in [-0.4, -0.2) is 29.4 Å². The molecule has 3 aromatic rings. The van der Waals surface area contributed by atoms with Crippen LogP contribution in [0.3, 0.4) is 0 Å². The quantitative estimate of drug-likeness (QED) is 0.475. The van der Waals surface area contributed by atoms with Gasteiger partial charge in [0, 0.05) is 9.50 Å². The third kappa shape index (κ3) is 4.43. The van der Waals surface area contributed by atoms with Crippen LogP contribution in [0.25, 0.3) is 6.08 Å². The largest absolute Gasteiger partial charge is 0.504 e. The van der Waals surface area contributed by atoms with Crippen molar-refractivity contribution in [2.24, 2.45) is 4.99 Å². The first-order chi connectivity index (χ1) is 16.2. The Morgan fingerprint density at radius 3 is 2.68 bits per heavy atom. The fraction of sp³-hybridized carbons (Fsp3) is 0.208. The van der Waals surface area contributed by atoms with Gasteiger partial charge in [-0.1, -0.05) is 51.0 Å². The summed E-state index contributed by atoms with van der Waals surface area (Å²) in [6.45, 7) is 3.65. The molecule has 2 heterocycles. The predicted molar refractivity (Wildman–Crippen MR) is 134 cm³/mol. The number of hydrogen-bond acceptors (Lipinski definition) is 7. The lowest BCUT2D eigenvalue weighted by Crippen LogP contribution is -2.39.